The van der Waals surface area contributed by atoms with Gasteiger partial charge < -0.3 is 4.74 Å². The Balaban J connectivity index is 2.00. The Morgan fingerprint density at radius 2 is 2.19 bits per heavy atom. The Morgan fingerprint density at radius 3 is 2.86 bits per heavy atom. The third kappa shape index (κ3) is 3.94. The fraction of sp³-hybridized carbons (Fsp3) is 0.462. The van der Waals surface area contributed by atoms with Crippen LogP contribution in [0.25, 0.3) is 5.57 Å². The second-order valence-corrected chi connectivity index (χ2v) is 5.36. The first-order valence-corrected chi connectivity index (χ1v) is 7.30. The van der Waals surface area contributed by atoms with Crippen molar-refractivity contribution in [1.29, 1.82) is 0 Å². The van der Waals surface area contributed by atoms with E-state index >= 15 is 0 Å². The third-order valence-electron chi connectivity index (χ3n) is 2.95. The van der Waals surface area contributed by atoms with E-state index < -0.39 is 5.97 Å². The fourth-order valence-corrected chi connectivity index (χ4v) is 2.53. The summed E-state index contributed by atoms with van der Waals surface area (Å²) in [6.45, 7) is 0.793. The van der Waals surface area contributed by atoms with Crippen LogP contribution in [0, 0.1) is 0 Å². The van der Waals surface area contributed by atoms with E-state index in [2.05, 4.69) is 26.0 Å². The number of aliphatic imine (C=N–C) groups is 1. The summed E-state index contributed by atoms with van der Waals surface area (Å²) in [5.41, 5.74) is 0.931. The molecule has 0 fully saturated rings. The molecule has 1 aromatic heterocycles. The molecule has 0 unspecified atom stereocenters. The summed E-state index contributed by atoms with van der Waals surface area (Å²) in [5.74, 6) is -0.604. The number of anilines is 1. The van der Waals surface area contributed by atoms with Gasteiger partial charge in [-0.15, -0.1) is 10.2 Å². The lowest BCUT2D eigenvalue weighted by molar-refractivity contribution is -0.141. The largest absolute Gasteiger partial charge is 0.469 e. The van der Waals surface area contributed by atoms with E-state index in [1.54, 1.807) is 13.3 Å². The fourth-order valence-electron chi connectivity index (χ4n) is 1.71. The van der Waals surface area contributed by atoms with E-state index in [-0.39, 0.29) is 18.7 Å². The first kappa shape index (κ1) is 15.3. The summed E-state index contributed by atoms with van der Waals surface area (Å²) >= 11 is 1.32. The number of rotatable bonds is 5. The molecule has 0 bridgehead atoms. The maximum absolute atomic E-state index is 12.0. The Bertz CT molecular complexity index is 594. The first-order valence-electron chi connectivity index (χ1n) is 6.49. The van der Waals surface area contributed by atoms with Crippen molar-refractivity contribution in [3.63, 3.8) is 0 Å². The minimum absolute atomic E-state index is 0.0587. The lowest BCUT2D eigenvalue weighted by Crippen LogP contribution is -2.26. The molecule has 0 saturated heterocycles. The number of carbonyl (C=O) groups excluding carboxylic acids is 2. The molecular weight excluding hydrogens is 292 g/mol. The minimum Gasteiger partial charge on any atom is -0.469 e. The van der Waals surface area contributed by atoms with E-state index in [4.69, 9.17) is 0 Å². The number of allylic oxidation sites excluding steroid dienone is 1. The number of esters is 1. The molecule has 0 atom stereocenters. The molecule has 0 saturated carbocycles. The number of aromatic nitrogens is 2. The maximum atomic E-state index is 12.0. The first-order chi connectivity index (χ1) is 10.1. The van der Waals surface area contributed by atoms with Crippen LogP contribution < -0.4 is 4.90 Å². The van der Waals surface area contributed by atoms with Gasteiger partial charge in [-0.25, -0.2) is 0 Å². The van der Waals surface area contributed by atoms with Crippen molar-refractivity contribution in [3.05, 3.63) is 11.1 Å². The van der Waals surface area contributed by atoms with Crippen molar-refractivity contribution in [2.45, 2.75) is 19.3 Å². The van der Waals surface area contributed by atoms with Crippen molar-refractivity contribution in [1.82, 2.24) is 10.2 Å². The highest BCUT2D eigenvalue weighted by molar-refractivity contribution is 7.16. The van der Waals surface area contributed by atoms with E-state index in [1.807, 2.05) is 0 Å². The van der Waals surface area contributed by atoms with Crippen LogP contribution >= 0.6 is 11.3 Å². The molecule has 112 valence electrons. The zero-order chi connectivity index (χ0) is 15.2. The van der Waals surface area contributed by atoms with Gasteiger partial charge in [-0.1, -0.05) is 17.4 Å². The number of amides is 1. The number of dihydropyridines is 1. The normalized spacial score (nSPS) is 13.7. The Morgan fingerprint density at radius 1 is 1.38 bits per heavy atom. The van der Waals surface area contributed by atoms with Crippen LogP contribution in [0.15, 0.2) is 11.1 Å². The quantitative estimate of drug-likeness (QED) is 0.766. The topological polar surface area (TPSA) is 84.8 Å². The Kier molecular flexibility index (Phi) is 5.15. The number of hydrogen-bond donors (Lipinski definition) is 0. The second kappa shape index (κ2) is 7.07. The van der Waals surface area contributed by atoms with E-state index in [1.165, 1.54) is 23.3 Å². The summed E-state index contributed by atoms with van der Waals surface area (Å²) in [4.78, 5) is 28.6. The molecule has 1 aromatic rings. The summed E-state index contributed by atoms with van der Waals surface area (Å²) in [6.07, 6.45) is 4.85. The average molecular weight is 308 g/mol. The van der Waals surface area contributed by atoms with Crippen LogP contribution in [0.4, 0.5) is 5.13 Å². The van der Waals surface area contributed by atoms with Crippen LogP contribution in [0.1, 0.15) is 24.3 Å². The molecule has 8 heteroatoms. The molecule has 0 radical (unpaired) electrons. The standard InChI is InChI=1S/C13H16N4O3S/c1-17(10(18)5-6-11(19)20-2)13-16-15-12(21-13)9-4-3-7-14-8-9/h4,8H,3,5-7H2,1-2H3. The number of methoxy groups -OCH3 is 1. The SMILES string of the molecule is COC(=O)CCC(=O)N(C)c1nnc(C2=CCCN=C2)s1. The van der Waals surface area contributed by atoms with Gasteiger partial charge in [0.05, 0.1) is 13.5 Å². The summed E-state index contributed by atoms with van der Waals surface area (Å²) in [5, 5.41) is 9.33. The van der Waals surface area contributed by atoms with Gasteiger partial charge in [-0.3, -0.25) is 19.5 Å². The zero-order valence-corrected chi connectivity index (χ0v) is 12.7. The lowest BCUT2D eigenvalue weighted by atomic mass is 10.2. The number of carbonyl (C=O) groups is 2. The van der Waals surface area contributed by atoms with Crippen molar-refractivity contribution in [2.75, 3.05) is 25.6 Å². The van der Waals surface area contributed by atoms with E-state index in [0.29, 0.717) is 5.13 Å². The van der Waals surface area contributed by atoms with Gasteiger partial charge in [0.25, 0.3) is 0 Å². The van der Waals surface area contributed by atoms with Gasteiger partial charge in [0.2, 0.25) is 11.0 Å². The monoisotopic (exact) mass is 308 g/mol. The van der Waals surface area contributed by atoms with Gasteiger partial charge in [0, 0.05) is 31.8 Å². The van der Waals surface area contributed by atoms with Gasteiger partial charge in [-0.05, 0) is 6.42 Å². The molecule has 2 rings (SSSR count). The van der Waals surface area contributed by atoms with Crippen LogP contribution in [0.2, 0.25) is 0 Å². The smallest absolute Gasteiger partial charge is 0.306 e. The van der Waals surface area contributed by atoms with Crippen LogP contribution in [0.3, 0.4) is 0 Å². The lowest BCUT2D eigenvalue weighted by Gasteiger charge is -2.12. The Hall–Kier alpha value is -2.09. The van der Waals surface area contributed by atoms with E-state index in [9.17, 15) is 9.59 Å². The van der Waals surface area contributed by atoms with Crippen LogP contribution in [-0.4, -0.2) is 49.0 Å². The highest BCUT2D eigenvalue weighted by atomic mass is 32.1. The van der Waals surface area contributed by atoms with Gasteiger partial charge in [-0.2, -0.15) is 0 Å². The molecule has 0 N–H and O–H groups in total. The van der Waals surface area contributed by atoms with Gasteiger partial charge >= 0.3 is 5.97 Å². The van der Waals surface area contributed by atoms with Gasteiger partial charge in [0.15, 0.2) is 5.01 Å². The molecule has 21 heavy (non-hydrogen) atoms. The van der Waals surface area contributed by atoms with Crippen LogP contribution in [0.5, 0.6) is 0 Å². The molecule has 2 heterocycles. The van der Waals surface area contributed by atoms with Crippen molar-refractivity contribution < 1.29 is 14.3 Å². The third-order valence-corrected chi connectivity index (χ3v) is 3.99. The number of hydrogen-bond acceptors (Lipinski definition) is 7. The number of nitrogens with zero attached hydrogens (tertiary/aromatic N) is 4. The molecule has 1 aliphatic rings. The maximum Gasteiger partial charge on any atom is 0.306 e. The van der Waals surface area contributed by atoms with E-state index in [0.717, 1.165) is 23.5 Å². The highest BCUT2D eigenvalue weighted by Crippen LogP contribution is 2.25. The summed E-state index contributed by atoms with van der Waals surface area (Å²) in [6, 6.07) is 0. The zero-order valence-electron chi connectivity index (χ0n) is 11.9. The molecule has 0 spiro atoms. The predicted molar refractivity (Wildman–Crippen MR) is 80.5 cm³/mol. The summed E-state index contributed by atoms with van der Waals surface area (Å²) in [7, 11) is 2.92. The second-order valence-electron chi connectivity index (χ2n) is 4.40. The van der Waals surface area contributed by atoms with Crippen molar-refractivity contribution in [2.24, 2.45) is 4.99 Å². The van der Waals surface area contributed by atoms with Crippen molar-refractivity contribution in [3.8, 4) is 0 Å². The number of ether oxygens (including phenoxy) is 1. The van der Waals surface area contributed by atoms with Crippen molar-refractivity contribution >= 4 is 40.1 Å². The molecular formula is C13H16N4O3S. The molecule has 1 amide bonds. The molecule has 1 aliphatic heterocycles. The van der Waals surface area contributed by atoms with Crippen LogP contribution in [-0.2, 0) is 14.3 Å². The molecule has 0 aromatic carbocycles. The minimum atomic E-state index is -0.404. The summed E-state index contributed by atoms with van der Waals surface area (Å²) < 4.78 is 4.51. The van der Waals surface area contributed by atoms with Gasteiger partial charge in [0.1, 0.15) is 0 Å². The molecule has 0 aliphatic carbocycles. The predicted octanol–water partition coefficient (Wildman–Crippen LogP) is 1.31. The Labute approximate surface area is 126 Å². The molecule has 7 nitrogen and oxygen atoms in total. The average Bonchev–Trinajstić information content (AvgIpc) is 3.02. The highest BCUT2D eigenvalue weighted by Gasteiger charge is 2.18.